The molecule has 3 aromatic heterocycles. The van der Waals surface area contributed by atoms with Crippen molar-refractivity contribution in [3.63, 3.8) is 0 Å². The Morgan fingerprint density at radius 3 is 2.90 bits per heavy atom. The highest BCUT2D eigenvalue weighted by Crippen LogP contribution is 2.33. The van der Waals surface area contributed by atoms with Crippen molar-refractivity contribution < 1.29 is 4.74 Å². The Kier molecular flexibility index (Phi) is 7.17. The number of anilines is 1. The van der Waals surface area contributed by atoms with Crippen LogP contribution in [-0.2, 0) is 0 Å². The highest BCUT2D eigenvalue weighted by Gasteiger charge is 2.20. The number of imidazole rings is 1. The normalized spacial score (nSPS) is 12.3. The van der Waals surface area contributed by atoms with Crippen LogP contribution in [0.1, 0.15) is 44.6 Å². The van der Waals surface area contributed by atoms with Gasteiger partial charge in [0.2, 0.25) is 5.88 Å². The maximum atomic E-state index is 6.01. The minimum atomic E-state index is 0.233. The number of aryl methyl sites for hydroxylation is 1. The van der Waals surface area contributed by atoms with Crippen LogP contribution in [0.5, 0.6) is 5.88 Å². The molecule has 0 aliphatic rings. The van der Waals surface area contributed by atoms with Gasteiger partial charge in [-0.2, -0.15) is 5.10 Å². The molecule has 3 aromatic rings. The summed E-state index contributed by atoms with van der Waals surface area (Å²) in [4.78, 5) is 17.1. The van der Waals surface area contributed by atoms with Gasteiger partial charge in [-0.25, -0.2) is 19.5 Å². The summed E-state index contributed by atoms with van der Waals surface area (Å²) in [5.41, 5.74) is 10.3. The first-order valence-electron chi connectivity index (χ1n) is 10.4. The van der Waals surface area contributed by atoms with Crippen molar-refractivity contribution in [1.82, 2.24) is 19.6 Å². The number of aromatic nitrogens is 4. The van der Waals surface area contributed by atoms with E-state index in [0.29, 0.717) is 24.9 Å². The number of ether oxygens (including phenoxy) is 1. The first kappa shape index (κ1) is 22.2. The number of pyridine rings is 1. The first-order valence-corrected chi connectivity index (χ1v) is 10.4. The third-order valence-corrected chi connectivity index (χ3v) is 4.62. The molecule has 0 fully saturated rings. The summed E-state index contributed by atoms with van der Waals surface area (Å²) in [5.74, 6) is 2.03. The van der Waals surface area contributed by atoms with E-state index in [4.69, 9.17) is 20.6 Å². The summed E-state index contributed by atoms with van der Waals surface area (Å²) in [5, 5.41) is 8.26. The molecule has 0 unspecified atom stereocenters. The fourth-order valence-electron chi connectivity index (χ4n) is 3.19. The largest absolute Gasteiger partial charge is 0.477 e. The molecule has 0 aliphatic heterocycles. The summed E-state index contributed by atoms with van der Waals surface area (Å²) in [6.45, 7) is 9.19. The maximum absolute atomic E-state index is 6.01. The van der Waals surface area contributed by atoms with Crippen LogP contribution in [0.4, 0.5) is 5.69 Å². The van der Waals surface area contributed by atoms with Gasteiger partial charge in [0.1, 0.15) is 23.5 Å². The van der Waals surface area contributed by atoms with E-state index in [0.717, 1.165) is 40.4 Å². The molecule has 0 saturated heterocycles. The number of aliphatic imine (C=N–C) groups is 2. The fourth-order valence-corrected chi connectivity index (χ4v) is 3.19. The average Bonchev–Trinajstić information content (AvgIpc) is 3.11. The molecule has 0 aliphatic carbocycles. The lowest BCUT2D eigenvalue weighted by Gasteiger charge is -2.14. The highest BCUT2D eigenvalue weighted by molar-refractivity contribution is 5.92. The zero-order valence-electron chi connectivity index (χ0n) is 18.8. The summed E-state index contributed by atoms with van der Waals surface area (Å²) in [6, 6.07) is 5.82. The van der Waals surface area contributed by atoms with Crippen molar-refractivity contribution in [2.45, 2.75) is 40.0 Å². The Balaban J connectivity index is 2.14. The molecule has 0 spiro atoms. The van der Waals surface area contributed by atoms with Crippen molar-refractivity contribution in [2.24, 2.45) is 15.7 Å². The van der Waals surface area contributed by atoms with E-state index < -0.39 is 0 Å². The quantitative estimate of drug-likeness (QED) is 0.403. The zero-order valence-corrected chi connectivity index (χ0v) is 18.8. The van der Waals surface area contributed by atoms with Crippen molar-refractivity contribution in [1.29, 1.82) is 0 Å². The van der Waals surface area contributed by atoms with Crippen molar-refractivity contribution >= 4 is 23.4 Å². The third-order valence-electron chi connectivity index (χ3n) is 4.62. The van der Waals surface area contributed by atoms with E-state index in [1.54, 1.807) is 13.2 Å². The Morgan fingerprint density at radius 1 is 1.39 bits per heavy atom. The van der Waals surface area contributed by atoms with Crippen LogP contribution >= 0.6 is 0 Å². The third kappa shape index (κ3) is 4.99. The number of nitrogens with zero attached hydrogens (tertiary/aromatic N) is 6. The SMILES string of the molecule is CCCOc1ncccc1-c1cc(NCC(N)=NC=NC)c2c(C(C)C)nc(C)n2n1. The van der Waals surface area contributed by atoms with E-state index in [1.165, 1.54) is 6.34 Å². The van der Waals surface area contributed by atoms with Crippen LogP contribution in [0.2, 0.25) is 0 Å². The summed E-state index contributed by atoms with van der Waals surface area (Å²) in [6.07, 6.45) is 4.05. The van der Waals surface area contributed by atoms with E-state index in [2.05, 4.69) is 41.1 Å². The molecule has 0 aromatic carbocycles. The topological polar surface area (TPSA) is 115 Å². The lowest BCUT2D eigenvalue weighted by Crippen LogP contribution is -2.23. The minimum absolute atomic E-state index is 0.233. The van der Waals surface area contributed by atoms with E-state index in [9.17, 15) is 0 Å². The molecular weight excluding hydrogens is 392 g/mol. The second-order valence-electron chi connectivity index (χ2n) is 7.45. The van der Waals surface area contributed by atoms with Crippen LogP contribution in [-0.4, -0.2) is 52.0 Å². The Morgan fingerprint density at radius 2 is 2.19 bits per heavy atom. The van der Waals surface area contributed by atoms with Gasteiger partial charge < -0.3 is 15.8 Å². The van der Waals surface area contributed by atoms with Crippen LogP contribution in [0.3, 0.4) is 0 Å². The van der Waals surface area contributed by atoms with Crippen LogP contribution in [0.15, 0.2) is 34.4 Å². The van der Waals surface area contributed by atoms with Gasteiger partial charge >= 0.3 is 0 Å². The number of fused-ring (bicyclic) bond motifs is 1. The average molecular weight is 423 g/mol. The Bertz CT molecular complexity index is 1100. The number of hydrogen-bond acceptors (Lipinski definition) is 6. The van der Waals surface area contributed by atoms with E-state index >= 15 is 0 Å². The van der Waals surface area contributed by atoms with Crippen LogP contribution < -0.4 is 15.8 Å². The van der Waals surface area contributed by atoms with E-state index in [-0.39, 0.29) is 5.92 Å². The second-order valence-corrected chi connectivity index (χ2v) is 7.45. The molecule has 0 bridgehead atoms. The van der Waals surface area contributed by atoms with Gasteiger partial charge in [0.15, 0.2) is 0 Å². The van der Waals surface area contributed by atoms with Gasteiger partial charge in [0, 0.05) is 13.2 Å². The first-order chi connectivity index (χ1) is 15.0. The number of hydrogen-bond donors (Lipinski definition) is 2. The summed E-state index contributed by atoms with van der Waals surface area (Å²) in [7, 11) is 1.65. The van der Waals surface area contributed by atoms with Crippen molar-refractivity contribution in [3.05, 3.63) is 35.9 Å². The van der Waals surface area contributed by atoms with Crippen molar-refractivity contribution in [3.8, 4) is 17.1 Å². The lowest BCUT2D eigenvalue weighted by molar-refractivity contribution is 0.306. The number of nitrogens with one attached hydrogen (secondary N) is 1. The lowest BCUT2D eigenvalue weighted by atomic mass is 10.1. The fraction of sp³-hybridized carbons (Fsp3) is 0.409. The van der Waals surface area contributed by atoms with Gasteiger partial charge in [0.25, 0.3) is 0 Å². The number of amidine groups is 1. The summed E-state index contributed by atoms with van der Waals surface area (Å²) >= 11 is 0. The van der Waals surface area contributed by atoms with Crippen LogP contribution in [0.25, 0.3) is 16.8 Å². The molecule has 31 heavy (non-hydrogen) atoms. The van der Waals surface area contributed by atoms with Gasteiger partial charge in [-0.1, -0.05) is 20.8 Å². The van der Waals surface area contributed by atoms with E-state index in [1.807, 2.05) is 29.6 Å². The van der Waals surface area contributed by atoms with Crippen molar-refractivity contribution in [2.75, 3.05) is 25.5 Å². The second kappa shape index (κ2) is 10.0. The maximum Gasteiger partial charge on any atom is 0.222 e. The van der Waals surface area contributed by atoms with Gasteiger partial charge in [0.05, 0.1) is 35.8 Å². The molecule has 164 valence electrons. The zero-order chi connectivity index (χ0) is 22.4. The minimum Gasteiger partial charge on any atom is -0.477 e. The molecule has 3 rings (SSSR count). The standard InChI is InChI=1S/C22H30N8O/c1-6-10-31-22-16(8-7-9-25-22)17-11-18(26-12-19(23)27-13-24-5)21-20(14(2)3)28-15(4)30(21)29-17/h7-9,11,13-14,26H,6,10,12H2,1-5H3,(H2,23,24,27). The van der Waals surface area contributed by atoms with Gasteiger partial charge in [-0.3, -0.25) is 4.99 Å². The predicted octanol–water partition coefficient (Wildman–Crippen LogP) is 3.44. The smallest absolute Gasteiger partial charge is 0.222 e. The Labute approximate surface area is 182 Å². The highest BCUT2D eigenvalue weighted by atomic mass is 16.5. The molecule has 3 heterocycles. The molecule has 3 N–H and O–H groups in total. The van der Waals surface area contributed by atoms with Gasteiger partial charge in [-0.15, -0.1) is 0 Å². The molecule has 9 nitrogen and oxygen atoms in total. The molecule has 0 radical (unpaired) electrons. The Hall–Kier alpha value is -3.49. The van der Waals surface area contributed by atoms with Crippen LogP contribution in [0, 0.1) is 6.92 Å². The predicted molar refractivity (Wildman–Crippen MR) is 125 cm³/mol. The molecule has 0 amide bonds. The number of nitrogens with two attached hydrogens (primary N) is 1. The molecule has 0 atom stereocenters. The molecular formula is C22H30N8O. The molecule has 0 saturated carbocycles. The summed E-state index contributed by atoms with van der Waals surface area (Å²) < 4.78 is 7.72. The number of rotatable bonds is 9. The monoisotopic (exact) mass is 422 g/mol. The van der Waals surface area contributed by atoms with Gasteiger partial charge in [-0.05, 0) is 37.5 Å². The molecule has 9 heteroatoms.